The SMILES string of the molecule is CCNS(=O)(=O)[C@@H]1CCN(Cc2ccc(C#N)o2)C1. The molecule has 7 heteroatoms. The number of likely N-dealkylation sites (tertiary alicyclic amines) is 1. The summed E-state index contributed by atoms with van der Waals surface area (Å²) in [6.45, 7) is 3.95. The molecular formula is C12H17N3O3S. The van der Waals surface area contributed by atoms with E-state index in [-0.39, 0.29) is 11.0 Å². The second-order valence-corrected chi connectivity index (χ2v) is 6.61. The van der Waals surface area contributed by atoms with E-state index >= 15 is 0 Å². The molecule has 1 aromatic heterocycles. The molecule has 0 aliphatic carbocycles. The molecule has 1 aliphatic rings. The third-order valence-corrected chi connectivity index (χ3v) is 5.12. The van der Waals surface area contributed by atoms with Crippen LogP contribution in [0, 0.1) is 11.3 Å². The van der Waals surface area contributed by atoms with E-state index in [0.717, 1.165) is 6.54 Å². The van der Waals surface area contributed by atoms with Crippen LogP contribution in [0.4, 0.5) is 0 Å². The van der Waals surface area contributed by atoms with Crippen molar-refractivity contribution in [2.24, 2.45) is 0 Å². The zero-order valence-corrected chi connectivity index (χ0v) is 11.6. The summed E-state index contributed by atoms with van der Waals surface area (Å²) in [4.78, 5) is 2.03. The molecule has 1 N–H and O–H groups in total. The molecule has 0 radical (unpaired) electrons. The summed E-state index contributed by atoms with van der Waals surface area (Å²) in [7, 11) is -3.21. The number of nitrogens with zero attached hydrogens (tertiary/aromatic N) is 2. The molecule has 0 amide bonds. The molecule has 0 bridgehead atoms. The van der Waals surface area contributed by atoms with E-state index in [9.17, 15) is 8.42 Å². The van der Waals surface area contributed by atoms with Gasteiger partial charge in [0.2, 0.25) is 15.8 Å². The summed E-state index contributed by atoms with van der Waals surface area (Å²) in [6, 6.07) is 5.31. The minimum atomic E-state index is -3.21. The molecule has 19 heavy (non-hydrogen) atoms. The molecule has 1 fully saturated rings. The summed E-state index contributed by atoms with van der Waals surface area (Å²) < 4.78 is 31.6. The average Bonchev–Trinajstić information content (AvgIpc) is 2.99. The Morgan fingerprint density at radius 3 is 3.00 bits per heavy atom. The highest BCUT2D eigenvalue weighted by molar-refractivity contribution is 7.90. The number of rotatable bonds is 5. The number of hydrogen-bond acceptors (Lipinski definition) is 5. The van der Waals surface area contributed by atoms with Gasteiger partial charge in [0.25, 0.3) is 0 Å². The summed E-state index contributed by atoms with van der Waals surface area (Å²) >= 11 is 0. The first-order chi connectivity index (χ1) is 9.05. The highest BCUT2D eigenvalue weighted by atomic mass is 32.2. The van der Waals surface area contributed by atoms with Gasteiger partial charge in [0.1, 0.15) is 11.8 Å². The van der Waals surface area contributed by atoms with Gasteiger partial charge in [-0.05, 0) is 18.6 Å². The molecule has 0 aromatic carbocycles. The van der Waals surface area contributed by atoms with Crippen LogP contribution in [0.25, 0.3) is 0 Å². The van der Waals surface area contributed by atoms with E-state index in [1.165, 1.54) is 0 Å². The standard InChI is InChI=1S/C12H17N3O3S/c1-2-14-19(16,17)12-5-6-15(9-12)8-11-4-3-10(7-13)18-11/h3-4,12,14H,2,5-6,8-9H2,1H3/t12-/m1/s1. The minimum Gasteiger partial charge on any atom is -0.449 e. The molecule has 0 unspecified atom stereocenters. The molecule has 1 aromatic rings. The Morgan fingerprint density at radius 2 is 2.37 bits per heavy atom. The van der Waals surface area contributed by atoms with Gasteiger partial charge < -0.3 is 4.42 Å². The Labute approximate surface area is 113 Å². The fourth-order valence-corrected chi connectivity index (χ4v) is 3.72. The lowest BCUT2D eigenvalue weighted by atomic mass is 10.4. The van der Waals surface area contributed by atoms with E-state index in [1.807, 2.05) is 11.0 Å². The van der Waals surface area contributed by atoms with Crippen LogP contribution >= 0.6 is 0 Å². The Kier molecular flexibility index (Phi) is 4.24. The molecule has 2 heterocycles. The first-order valence-electron chi connectivity index (χ1n) is 6.25. The summed E-state index contributed by atoms with van der Waals surface area (Å²) in [6.07, 6.45) is 0.626. The van der Waals surface area contributed by atoms with Crippen molar-refractivity contribution in [1.82, 2.24) is 9.62 Å². The lowest BCUT2D eigenvalue weighted by Crippen LogP contribution is -2.36. The van der Waals surface area contributed by atoms with E-state index in [1.54, 1.807) is 19.1 Å². The van der Waals surface area contributed by atoms with Gasteiger partial charge in [-0.3, -0.25) is 4.90 Å². The molecule has 6 nitrogen and oxygen atoms in total. The predicted molar refractivity (Wildman–Crippen MR) is 69.7 cm³/mol. The molecule has 0 spiro atoms. The summed E-state index contributed by atoms with van der Waals surface area (Å²) in [5.74, 6) is 0.976. The van der Waals surface area contributed by atoms with Gasteiger partial charge in [0.15, 0.2) is 0 Å². The highest BCUT2D eigenvalue weighted by Crippen LogP contribution is 2.19. The van der Waals surface area contributed by atoms with Crippen molar-refractivity contribution in [3.8, 4) is 6.07 Å². The monoisotopic (exact) mass is 283 g/mol. The van der Waals surface area contributed by atoms with Crippen molar-refractivity contribution in [2.45, 2.75) is 25.1 Å². The van der Waals surface area contributed by atoms with Crippen LogP contribution in [-0.4, -0.2) is 38.2 Å². The molecule has 1 atom stereocenters. The number of nitriles is 1. The van der Waals surface area contributed by atoms with E-state index < -0.39 is 10.0 Å². The van der Waals surface area contributed by atoms with Crippen molar-refractivity contribution >= 4 is 10.0 Å². The molecule has 0 saturated carbocycles. The molecule has 1 aliphatic heterocycles. The first kappa shape index (κ1) is 14.1. The smallest absolute Gasteiger partial charge is 0.215 e. The van der Waals surface area contributed by atoms with Gasteiger partial charge in [-0.1, -0.05) is 6.92 Å². The van der Waals surface area contributed by atoms with E-state index in [2.05, 4.69) is 4.72 Å². The molecule has 2 rings (SSSR count). The minimum absolute atomic E-state index is 0.283. The second kappa shape index (κ2) is 5.74. The topological polar surface area (TPSA) is 86.3 Å². The van der Waals surface area contributed by atoms with Gasteiger partial charge >= 0.3 is 0 Å². The van der Waals surface area contributed by atoms with Crippen LogP contribution in [-0.2, 0) is 16.6 Å². The molecule has 104 valence electrons. The fraction of sp³-hybridized carbons (Fsp3) is 0.583. The number of furan rings is 1. The van der Waals surface area contributed by atoms with Gasteiger partial charge in [-0.25, -0.2) is 13.1 Å². The van der Waals surface area contributed by atoms with Gasteiger partial charge in [0.05, 0.1) is 11.8 Å². The first-order valence-corrected chi connectivity index (χ1v) is 7.79. The van der Waals surface area contributed by atoms with Crippen molar-refractivity contribution < 1.29 is 12.8 Å². The maximum absolute atomic E-state index is 11.9. The third-order valence-electron chi connectivity index (χ3n) is 3.16. The van der Waals surface area contributed by atoms with Crippen molar-refractivity contribution in [1.29, 1.82) is 5.26 Å². The predicted octanol–water partition coefficient (Wildman–Crippen LogP) is 0.665. The van der Waals surface area contributed by atoms with Crippen LogP contribution < -0.4 is 4.72 Å². The Morgan fingerprint density at radius 1 is 1.58 bits per heavy atom. The maximum Gasteiger partial charge on any atom is 0.215 e. The van der Waals surface area contributed by atoms with Crippen molar-refractivity contribution in [3.05, 3.63) is 23.7 Å². The average molecular weight is 283 g/mol. The van der Waals surface area contributed by atoms with E-state index in [0.29, 0.717) is 31.8 Å². The van der Waals surface area contributed by atoms with Crippen LogP contribution in [0.3, 0.4) is 0 Å². The Hall–Kier alpha value is -1.36. The fourth-order valence-electron chi connectivity index (χ4n) is 2.26. The van der Waals surface area contributed by atoms with Crippen LogP contribution in [0.2, 0.25) is 0 Å². The second-order valence-electron chi connectivity index (χ2n) is 4.57. The quantitative estimate of drug-likeness (QED) is 0.858. The van der Waals surface area contributed by atoms with Crippen molar-refractivity contribution in [2.75, 3.05) is 19.6 Å². The van der Waals surface area contributed by atoms with Crippen LogP contribution in [0.1, 0.15) is 24.9 Å². The van der Waals surface area contributed by atoms with Crippen LogP contribution in [0.5, 0.6) is 0 Å². The summed E-state index contributed by atoms with van der Waals surface area (Å²) in [5, 5.41) is 8.31. The highest BCUT2D eigenvalue weighted by Gasteiger charge is 2.32. The molecule has 1 saturated heterocycles. The number of hydrogen-bond donors (Lipinski definition) is 1. The maximum atomic E-state index is 11.9. The number of nitrogens with one attached hydrogen (secondary N) is 1. The third kappa shape index (κ3) is 3.35. The van der Waals surface area contributed by atoms with Gasteiger partial charge in [-0.15, -0.1) is 0 Å². The zero-order valence-electron chi connectivity index (χ0n) is 10.8. The van der Waals surface area contributed by atoms with E-state index in [4.69, 9.17) is 9.68 Å². The van der Waals surface area contributed by atoms with Gasteiger partial charge in [-0.2, -0.15) is 5.26 Å². The lowest BCUT2D eigenvalue weighted by molar-refractivity contribution is 0.296. The number of sulfonamides is 1. The normalized spacial score (nSPS) is 20.5. The zero-order chi connectivity index (χ0) is 13.9. The van der Waals surface area contributed by atoms with Crippen molar-refractivity contribution in [3.63, 3.8) is 0 Å². The largest absolute Gasteiger partial charge is 0.449 e. The Balaban J connectivity index is 1.94. The molecular weight excluding hydrogens is 266 g/mol. The van der Waals surface area contributed by atoms with Crippen LogP contribution in [0.15, 0.2) is 16.5 Å². The lowest BCUT2D eigenvalue weighted by Gasteiger charge is -2.14. The summed E-state index contributed by atoms with van der Waals surface area (Å²) in [5.41, 5.74) is 0. The van der Waals surface area contributed by atoms with Gasteiger partial charge in [0, 0.05) is 19.6 Å². The Bertz CT molecular complexity index is 573.